The molecule has 0 saturated carbocycles. The van der Waals surface area contributed by atoms with Crippen molar-refractivity contribution in [2.24, 2.45) is 5.92 Å². The van der Waals surface area contributed by atoms with Crippen LogP contribution in [0.2, 0.25) is 0 Å². The zero-order valence-corrected chi connectivity index (χ0v) is 19.0. The Morgan fingerprint density at radius 3 is 2.48 bits per heavy atom. The van der Waals surface area contributed by atoms with Gasteiger partial charge in [0.1, 0.15) is 6.04 Å². The monoisotopic (exact) mass is 452 g/mol. The van der Waals surface area contributed by atoms with Crippen LogP contribution in [-0.4, -0.2) is 65.1 Å². The number of hydrogen-bond acceptors (Lipinski definition) is 6. The summed E-state index contributed by atoms with van der Waals surface area (Å²) in [5, 5.41) is 5.84. The average Bonchev–Trinajstić information content (AvgIpc) is 3.41. The second-order valence-corrected chi connectivity index (χ2v) is 9.88. The second kappa shape index (κ2) is 9.35. The minimum absolute atomic E-state index is 0.127. The van der Waals surface area contributed by atoms with Gasteiger partial charge in [-0.3, -0.25) is 34.3 Å². The first kappa shape index (κ1) is 22.2. The van der Waals surface area contributed by atoms with Gasteiger partial charge >= 0.3 is 0 Å². The van der Waals surface area contributed by atoms with Crippen LogP contribution in [-0.2, 0) is 16.1 Å². The molecule has 2 N–H and O–H groups in total. The molecule has 3 saturated heterocycles. The Hall–Kier alpha value is -2.58. The number of imide groups is 2. The maximum atomic E-state index is 13.3. The molecule has 0 bridgehead atoms. The van der Waals surface area contributed by atoms with Gasteiger partial charge < -0.3 is 5.32 Å². The number of carbonyl (C=O) groups is 4. The maximum Gasteiger partial charge on any atom is 0.262 e. The molecule has 1 aromatic carbocycles. The molecule has 33 heavy (non-hydrogen) atoms. The third-order valence-corrected chi connectivity index (χ3v) is 7.74. The quantitative estimate of drug-likeness (QED) is 0.639. The summed E-state index contributed by atoms with van der Waals surface area (Å²) in [5.74, 6) is -1.03. The highest BCUT2D eigenvalue weighted by molar-refractivity contribution is 6.24. The summed E-state index contributed by atoms with van der Waals surface area (Å²) in [6.45, 7) is 3.77. The molecule has 0 spiro atoms. The first-order valence-electron chi connectivity index (χ1n) is 12.3. The highest BCUT2D eigenvalue weighted by Gasteiger charge is 2.45. The van der Waals surface area contributed by atoms with Gasteiger partial charge in [0.25, 0.3) is 11.8 Å². The SMILES string of the molecule is O=C1CCC(N2C(=O)c3cccc(CN4CCC(CC[C@@H]5CCCN5)CC4)c3C2=O)C(=O)N1. The lowest BCUT2D eigenvalue weighted by atomic mass is 9.90. The molecule has 4 aliphatic heterocycles. The predicted molar refractivity (Wildman–Crippen MR) is 121 cm³/mol. The zero-order valence-electron chi connectivity index (χ0n) is 19.0. The highest BCUT2D eigenvalue weighted by Crippen LogP contribution is 2.32. The van der Waals surface area contributed by atoms with Crippen molar-refractivity contribution in [2.75, 3.05) is 19.6 Å². The first-order chi connectivity index (χ1) is 16.0. The zero-order chi connectivity index (χ0) is 22.9. The van der Waals surface area contributed by atoms with E-state index in [0.29, 0.717) is 23.7 Å². The van der Waals surface area contributed by atoms with Crippen molar-refractivity contribution in [3.05, 3.63) is 34.9 Å². The summed E-state index contributed by atoms with van der Waals surface area (Å²) in [4.78, 5) is 53.5. The third-order valence-electron chi connectivity index (χ3n) is 7.74. The molecule has 0 aliphatic carbocycles. The molecular formula is C25H32N4O4. The van der Waals surface area contributed by atoms with Crippen molar-refractivity contribution < 1.29 is 19.2 Å². The molecule has 0 radical (unpaired) electrons. The minimum atomic E-state index is -0.923. The fourth-order valence-electron chi connectivity index (χ4n) is 5.83. The smallest absolute Gasteiger partial charge is 0.262 e. The summed E-state index contributed by atoms with van der Waals surface area (Å²) < 4.78 is 0. The Balaban J connectivity index is 1.22. The van der Waals surface area contributed by atoms with Crippen molar-refractivity contribution in [1.29, 1.82) is 0 Å². The lowest BCUT2D eigenvalue weighted by Gasteiger charge is -2.32. The van der Waals surface area contributed by atoms with Gasteiger partial charge in [0, 0.05) is 19.0 Å². The number of nitrogens with one attached hydrogen (secondary N) is 2. The first-order valence-corrected chi connectivity index (χ1v) is 12.3. The van der Waals surface area contributed by atoms with Crippen molar-refractivity contribution in [1.82, 2.24) is 20.4 Å². The van der Waals surface area contributed by atoms with E-state index in [0.717, 1.165) is 48.9 Å². The van der Waals surface area contributed by atoms with Gasteiger partial charge in [0.15, 0.2) is 0 Å². The number of amides is 4. The van der Waals surface area contributed by atoms with Gasteiger partial charge in [-0.15, -0.1) is 0 Å². The lowest BCUT2D eigenvalue weighted by molar-refractivity contribution is -0.136. The summed E-state index contributed by atoms with van der Waals surface area (Å²) in [7, 11) is 0. The van der Waals surface area contributed by atoms with Crippen molar-refractivity contribution in [2.45, 2.75) is 70.0 Å². The topological polar surface area (TPSA) is 98.8 Å². The van der Waals surface area contributed by atoms with Crippen LogP contribution in [0.3, 0.4) is 0 Å². The van der Waals surface area contributed by atoms with Gasteiger partial charge in [-0.25, -0.2) is 0 Å². The summed E-state index contributed by atoms with van der Waals surface area (Å²) in [6.07, 6.45) is 7.78. The number of hydrogen-bond donors (Lipinski definition) is 2. The molecule has 8 heteroatoms. The fraction of sp³-hybridized carbons (Fsp3) is 0.600. The van der Waals surface area contributed by atoms with Crippen molar-refractivity contribution >= 4 is 23.6 Å². The van der Waals surface area contributed by atoms with Crippen LogP contribution in [0.1, 0.15) is 77.6 Å². The van der Waals surface area contributed by atoms with Crippen LogP contribution >= 0.6 is 0 Å². The van der Waals surface area contributed by atoms with Gasteiger partial charge in [-0.05, 0) is 82.1 Å². The molecule has 5 rings (SSSR count). The highest BCUT2D eigenvalue weighted by atomic mass is 16.2. The Bertz CT molecular complexity index is 963. The predicted octanol–water partition coefficient (Wildman–Crippen LogP) is 1.83. The molecule has 8 nitrogen and oxygen atoms in total. The molecule has 4 aliphatic rings. The van der Waals surface area contributed by atoms with Crippen LogP contribution in [0.4, 0.5) is 0 Å². The van der Waals surface area contributed by atoms with E-state index < -0.39 is 23.8 Å². The largest absolute Gasteiger partial charge is 0.314 e. The summed E-state index contributed by atoms with van der Waals surface area (Å²) >= 11 is 0. The summed E-state index contributed by atoms with van der Waals surface area (Å²) in [5.41, 5.74) is 1.62. The third kappa shape index (κ3) is 4.46. The van der Waals surface area contributed by atoms with E-state index in [9.17, 15) is 19.2 Å². The molecule has 4 amide bonds. The van der Waals surface area contributed by atoms with Crippen LogP contribution < -0.4 is 10.6 Å². The van der Waals surface area contributed by atoms with Gasteiger partial charge in [0.05, 0.1) is 11.1 Å². The molecule has 3 fully saturated rings. The van der Waals surface area contributed by atoms with Gasteiger partial charge in [-0.2, -0.15) is 0 Å². The number of carbonyl (C=O) groups excluding carboxylic acids is 4. The van der Waals surface area contributed by atoms with Crippen LogP contribution in [0.25, 0.3) is 0 Å². The van der Waals surface area contributed by atoms with Gasteiger partial charge in [0.2, 0.25) is 11.8 Å². The maximum absolute atomic E-state index is 13.3. The van der Waals surface area contributed by atoms with E-state index in [1.54, 1.807) is 6.07 Å². The number of fused-ring (bicyclic) bond motifs is 1. The van der Waals surface area contributed by atoms with E-state index in [1.165, 1.54) is 25.7 Å². The molecular weight excluding hydrogens is 420 g/mol. The second-order valence-electron chi connectivity index (χ2n) is 9.88. The minimum Gasteiger partial charge on any atom is -0.314 e. The molecule has 4 heterocycles. The normalized spacial score (nSPS) is 26.7. The van der Waals surface area contributed by atoms with E-state index in [1.807, 2.05) is 12.1 Å². The molecule has 0 aromatic heterocycles. The Labute approximate surface area is 194 Å². The van der Waals surface area contributed by atoms with Crippen LogP contribution in [0.15, 0.2) is 18.2 Å². The van der Waals surface area contributed by atoms with E-state index in [4.69, 9.17) is 0 Å². The van der Waals surface area contributed by atoms with Crippen LogP contribution in [0.5, 0.6) is 0 Å². The Morgan fingerprint density at radius 2 is 1.76 bits per heavy atom. The molecule has 1 aromatic rings. The Morgan fingerprint density at radius 1 is 0.939 bits per heavy atom. The van der Waals surface area contributed by atoms with Gasteiger partial charge in [-0.1, -0.05) is 12.1 Å². The summed E-state index contributed by atoms with van der Waals surface area (Å²) in [6, 6.07) is 5.16. The Kier molecular flexibility index (Phi) is 6.29. The standard InChI is InChI=1S/C25H32N4O4/c30-21-9-8-20(23(31)27-21)29-24(32)19-5-1-3-17(22(19)25(29)33)15-28-13-10-16(11-14-28)6-7-18-4-2-12-26-18/h1,3,5,16,18,20,26H,2,4,6-15H2,(H,27,30,31)/t18-,20?/m0/s1. The number of piperidine rings is 2. The molecule has 2 atom stereocenters. The molecule has 1 unspecified atom stereocenters. The van der Waals surface area contributed by atoms with E-state index in [2.05, 4.69) is 15.5 Å². The number of rotatable bonds is 6. The molecule has 176 valence electrons. The number of nitrogens with zero attached hydrogens (tertiary/aromatic N) is 2. The van der Waals surface area contributed by atoms with Crippen molar-refractivity contribution in [3.63, 3.8) is 0 Å². The number of benzene rings is 1. The van der Waals surface area contributed by atoms with E-state index in [-0.39, 0.29) is 18.7 Å². The average molecular weight is 453 g/mol. The fourth-order valence-corrected chi connectivity index (χ4v) is 5.83. The number of likely N-dealkylation sites (tertiary alicyclic amines) is 1. The van der Waals surface area contributed by atoms with Crippen molar-refractivity contribution in [3.8, 4) is 0 Å². The van der Waals surface area contributed by atoms with E-state index >= 15 is 0 Å². The lowest BCUT2D eigenvalue weighted by Crippen LogP contribution is -2.54. The van der Waals surface area contributed by atoms with Crippen LogP contribution in [0, 0.1) is 5.92 Å².